The summed E-state index contributed by atoms with van der Waals surface area (Å²) in [6.07, 6.45) is -4.92. The molecule has 1 atom stereocenters. The zero-order chi connectivity index (χ0) is 17.5. The first-order valence-electron chi connectivity index (χ1n) is 6.74. The number of carbonyl (C=O) groups is 1. The maximum absolute atomic E-state index is 13.8. The molecule has 3 nitrogen and oxygen atoms in total. The lowest BCUT2D eigenvalue weighted by Gasteiger charge is -2.26. The minimum atomic E-state index is -4.92. The van der Waals surface area contributed by atoms with Gasteiger partial charge in [0.1, 0.15) is 5.84 Å². The van der Waals surface area contributed by atoms with Crippen LogP contribution in [0.2, 0.25) is 5.02 Å². The second kappa shape index (κ2) is 5.89. The van der Waals surface area contributed by atoms with Gasteiger partial charge in [-0.25, -0.2) is 4.99 Å². The Labute approximate surface area is 148 Å². The molecule has 1 aliphatic rings. The van der Waals surface area contributed by atoms with E-state index in [4.69, 9.17) is 11.6 Å². The number of nitrogens with one attached hydrogen (secondary N) is 1. The third-order valence-electron chi connectivity index (χ3n) is 3.61. The maximum Gasteiger partial charge on any atom is 0.427 e. The molecule has 1 aliphatic heterocycles. The molecule has 0 saturated heterocycles. The summed E-state index contributed by atoms with van der Waals surface area (Å²) in [5.74, 6) is -1.39. The van der Waals surface area contributed by atoms with Gasteiger partial charge in [0.25, 0.3) is 11.4 Å². The molecule has 1 heterocycles. The monoisotopic (exact) mass is 416 g/mol. The van der Waals surface area contributed by atoms with Crippen LogP contribution in [0.25, 0.3) is 0 Å². The molecule has 0 spiro atoms. The molecular formula is C16H9BrClF3N2O. The predicted octanol–water partition coefficient (Wildman–Crippen LogP) is 4.44. The van der Waals surface area contributed by atoms with E-state index in [-0.39, 0.29) is 16.4 Å². The fraction of sp³-hybridized carbons (Fsp3) is 0.125. The molecule has 2 aromatic carbocycles. The Morgan fingerprint density at radius 2 is 1.79 bits per heavy atom. The number of carbonyl (C=O) groups excluding carboxylic acids is 1. The van der Waals surface area contributed by atoms with Crippen molar-refractivity contribution in [1.82, 2.24) is 5.32 Å². The van der Waals surface area contributed by atoms with Crippen molar-refractivity contribution >= 4 is 39.3 Å². The summed E-state index contributed by atoms with van der Waals surface area (Å²) in [6.45, 7) is 0. The summed E-state index contributed by atoms with van der Waals surface area (Å²) in [4.78, 5) is 16.0. The minimum absolute atomic E-state index is 0.0937. The van der Waals surface area contributed by atoms with Gasteiger partial charge in [-0.2, -0.15) is 13.2 Å². The van der Waals surface area contributed by atoms with Crippen molar-refractivity contribution in [2.75, 3.05) is 0 Å². The van der Waals surface area contributed by atoms with E-state index in [2.05, 4.69) is 26.2 Å². The maximum atomic E-state index is 13.8. The highest BCUT2D eigenvalue weighted by molar-refractivity contribution is 9.10. The van der Waals surface area contributed by atoms with Crippen molar-refractivity contribution in [2.45, 2.75) is 11.7 Å². The van der Waals surface area contributed by atoms with Crippen molar-refractivity contribution in [3.8, 4) is 0 Å². The van der Waals surface area contributed by atoms with E-state index in [1.165, 1.54) is 18.2 Å². The van der Waals surface area contributed by atoms with Crippen LogP contribution in [0, 0.1) is 0 Å². The molecule has 0 bridgehead atoms. The first-order chi connectivity index (χ1) is 11.2. The van der Waals surface area contributed by atoms with Crippen LogP contribution in [-0.4, -0.2) is 17.9 Å². The van der Waals surface area contributed by atoms with Gasteiger partial charge in [-0.1, -0.05) is 51.8 Å². The number of amides is 1. The van der Waals surface area contributed by atoms with Crippen LogP contribution < -0.4 is 5.32 Å². The zero-order valence-electron chi connectivity index (χ0n) is 11.9. The van der Waals surface area contributed by atoms with Crippen molar-refractivity contribution in [3.05, 3.63) is 69.2 Å². The first kappa shape index (κ1) is 17.0. The lowest BCUT2D eigenvalue weighted by Crippen LogP contribution is -2.48. The number of alkyl halides is 3. The van der Waals surface area contributed by atoms with E-state index in [0.717, 1.165) is 10.5 Å². The third kappa shape index (κ3) is 2.71. The molecular weight excluding hydrogens is 409 g/mol. The molecule has 0 fully saturated rings. The zero-order valence-corrected chi connectivity index (χ0v) is 14.2. The lowest BCUT2D eigenvalue weighted by atomic mass is 9.89. The van der Waals surface area contributed by atoms with Gasteiger partial charge in [0.05, 0.1) is 0 Å². The first-order valence-corrected chi connectivity index (χ1v) is 7.91. The van der Waals surface area contributed by atoms with Crippen molar-refractivity contribution in [2.24, 2.45) is 4.99 Å². The number of amidine groups is 1. The predicted molar refractivity (Wildman–Crippen MR) is 88.0 cm³/mol. The minimum Gasteiger partial charge on any atom is -0.308 e. The highest BCUT2D eigenvalue weighted by Gasteiger charge is 2.64. The molecule has 0 aromatic heterocycles. The molecule has 1 N–H and O–H groups in total. The average Bonchev–Trinajstić information content (AvgIpc) is 2.86. The second-order valence-electron chi connectivity index (χ2n) is 5.14. The lowest BCUT2D eigenvalue weighted by molar-refractivity contribution is -0.190. The van der Waals surface area contributed by atoms with Gasteiger partial charge < -0.3 is 5.32 Å². The molecule has 1 unspecified atom stereocenters. The van der Waals surface area contributed by atoms with Crippen molar-refractivity contribution < 1.29 is 18.0 Å². The number of hydrogen-bond donors (Lipinski definition) is 1. The topological polar surface area (TPSA) is 41.5 Å². The van der Waals surface area contributed by atoms with E-state index < -0.39 is 17.6 Å². The molecule has 24 heavy (non-hydrogen) atoms. The van der Waals surface area contributed by atoms with Gasteiger partial charge in [-0.3, -0.25) is 4.79 Å². The van der Waals surface area contributed by atoms with Crippen LogP contribution >= 0.6 is 27.5 Å². The van der Waals surface area contributed by atoms with Crippen LogP contribution in [0.5, 0.6) is 0 Å². The van der Waals surface area contributed by atoms with E-state index >= 15 is 0 Å². The van der Waals surface area contributed by atoms with E-state index in [1.54, 1.807) is 24.3 Å². The molecule has 3 rings (SSSR count). The molecule has 8 heteroatoms. The van der Waals surface area contributed by atoms with Crippen LogP contribution in [0.4, 0.5) is 13.2 Å². The second-order valence-corrected chi connectivity index (χ2v) is 6.49. The van der Waals surface area contributed by atoms with Crippen molar-refractivity contribution in [3.63, 3.8) is 0 Å². The molecule has 0 saturated carbocycles. The number of nitrogens with zero attached hydrogens (tertiary/aromatic N) is 1. The summed E-state index contributed by atoms with van der Waals surface area (Å²) >= 11 is 9.04. The van der Waals surface area contributed by atoms with Crippen molar-refractivity contribution in [1.29, 1.82) is 0 Å². The van der Waals surface area contributed by atoms with Gasteiger partial charge in [0.2, 0.25) is 0 Å². The van der Waals surface area contributed by atoms with E-state index in [0.29, 0.717) is 5.56 Å². The molecule has 0 radical (unpaired) electrons. The quantitative estimate of drug-likeness (QED) is 0.771. The summed E-state index contributed by atoms with van der Waals surface area (Å²) in [5, 5.41) is 2.33. The SMILES string of the molecule is O=C1NC(c2ccc(Br)cc2)=NC1(c1cccc(Cl)c1)C(F)(F)F. The largest absolute Gasteiger partial charge is 0.427 e. The highest BCUT2D eigenvalue weighted by atomic mass is 79.9. The van der Waals surface area contributed by atoms with Crippen LogP contribution in [0.3, 0.4) is 0 Å². The number of benzene rings is 2. The van der Waals surface area contributed by atoms with Crippen LogP contribution in [0.15, 0.2) is 58.0 Å². The third-order valence-corrected chi connectivity index (χ3v) is 4.37. The average molecular weight is 418 g/mol. The Balaban J connectivity index is 2.19. The molecule has 0 aliphatic carbocycles. The number of hydrogen-bond acceptors (Lipinski definition) is 2. The van der Waals surface area contributed by atoms with Crippen LogP contribution in [0.1, 0.15) is 11.1 Å². The highest BCUT2D eigenvalue weighted by Crippen LogP contribution is 2.45. The van der Waals surface area contributed by atoms with E-state index in [9.17, 15) is 18.0 Å². The number of aliphatic imine (C=N–C) groups is 1. The fourth-order valence-corrected chi connectivity index (χ4v) is 2.91. The number of rotatable bonds is 2. The van der Waals surface area contributed by atoms with Gasteiger partial charge in [-0.05, 0) is 29.8 Å². The standard InChI is InChI=1S/C16H9BrClF3N2O/c17-11-6-4-9(5-7-11)13-22-14(24)15(23-13,16(19,20)21)10-2-1-3-12(18)8-10/h1-8H,(H,22,23,24). The summed E-state index contributed by atoms with van der Waals surface area (Å²) < 4.78 is 42.2. The summed E-state index contributed by atoms with van der Waals surface area (Å²) in [5.41, 5.74) is -2.97. The molecule has 124 valence electrons. The summed E-state index contributed by atoms with van der Waals surface area (Å²) in [7, 11) is 0. The normalized spacial score (nSPS) is 20.7. The Bertz CT molecular complexity index is 836. The van der Waals surface area contributed by atoms with Gasteiger partial charge >= 0.3 is 6.18 Å². The Hall–Kier alpha value is -1.86. The fourth-order valence-electron chi connectivity index (χ4n) is 2.45. The van der Waals surface area contributed by atoms with Gasteiger partial charge in [-0.15, -0.1) is 0 Å². The molecule has 2 aromatic rings. The van der Waals surface area contributed by atoms with E-state index in [1.807, 2.05) is 0 Å². The Morgan fingerprint density at radius 3 is 2.38 bits per heavy atom. The smallest absolute Gasteiger partial charge is 0.308 e. The Kier molecular flexibility index (Phi) is 4.17. The van der Waals surface area contributed by atoms with Crippen LogP contribution in [-0.2, 0) is 10.3 Å². The molecule has 1 amide bonds. The van der Waals surface area contributed by atoms with Gasteiger partial charge in [0, 0.05) is 15.1 Å². The van der Waals surface area contributed by atoms with Gasteiger partial charge in [0.15, 0.2) is 0 Å². The number of halogens is 5. The Morgan fingerprint density at radius 1 is 1.12 bits per heavy atom. The summed E-state index contributed by atoms with van der Waals surface area (Å²) in [6, 6.07) is 11.5.